The highest BCUT2D eigenvalue weighted by molar-refractivity contribution is 6.06. The lowest BCUT2D eigenvalue weighted by Gasteiger charge is -2.16. The molecule has 8 nitrogen and oxygen atoms in total. The molecule has 1 aromatic carbocycles. The highest BCUT2D eigenvalue weighted by atomic mass is 16.5. The highest BCUT2D eigenvalue weighted by Gasteiger charge is 2.30. The fourth-order valence-electron chi connectivity index (χ4n) is 3.85. The summed E-state index contributed by atoms with van der Waals surface area (Å²) in [7, 11) is 0. The average molecular weight is 431 g/mol. The summed E-state index contributed by atoms with van der Waals surface area (Å²) in [6.07, 6.45) is 4.35. The molecule has 0 radical (unpaired) electrons. The van der Waals surface area contributed by atoms with Crippen LogP contribution < -0.4 is 5.32 Å². The number of pyridine rings is 1. The van der Waals surface area contributed by atoms with E-state index in [9.17, 15) is 4.79 Å². The van der Waals surface area contributed by atoms with Gasteiger partial charge < -0.3 is 9.84 Å². The summed E-state index contributed by atoms with van der Waals surface area (Å²) in [4.78, 5) is 22.3. The number of carbonyl (C=O) groups excluding carboxylic acids is 1. The first kappa shape index (κ1) is 20.4. The predicted octanol–water partition coefficient (Wildman–Crippen LogP) is 4.20. The quantitative estimate of drug-likeness (QED) is 0.492. The summed E-state index contributed by atoms with van der Waals surface area (Å²) in [6, 6.07) is 11.6. The number of aromatic nitrogens is 5. The molecule has 4 aromatic rings. The molecule has 1 N–H and O–H groups in total. The van der Waals surface area contributed by atoms with Crippen LogP contribution in [-0.4, -0.2) is 30.8 Å². The fourth-order valence-corrected chi connectivity index (χ4v) is 3.85. The number of nitrogens with one attached hydrogen (secondary N) is 1. The zero-order chi connectivity index (χ0) is 22.3. The summed E-state index contributed by atoms with van der Waals surface area (Å²) in [5.41, 5.74) is 3.55. The zero-order valence-corrected chi connectivity index (χ0v) is 18.5. The van der Waals surface area contributed by atoms with E-state index in [0.29, 0.717) is 34.8 Å². The van der Waals surface area contributed by atoms with Crippen LogP contribution in [0.1, 0.15) is 67.1 Å². The van der Waals surface area contributed by atoms with Gasteiger partial charge in [-0.1, -0.05) is 44.1 Å². The van der Waals surface area contributed by atoms with Crippen LogP contribution in [0.2, 0.25) is 0 Å². The first-order valence-electron chi connectivity index (χ1n) is 10.9. The molecule has 164 valence electrons. The Morgan fingerprint density at radius 2 is 2.00 bits per heavy atom. The van der Waals surface area contributed by atoms with Crippen LogP contribution in [-0.2, 0) is 13.0 Å². The van der Waals surface area contributed by atoms with Crippen LogP contribution in [0, 0.1) is 5.41 Å². The van der Waals surface area contributed by atoms with Crippen LogP contribution in [0.15, 0.2) is 47.2 Å². The molecular formula is C24H26N6O2. The van der Waals surface area contributed by atoms with E-state index in [0.717, 1.165) is 29.9 Å². The molecule has 1 saturated carbocycles. The minimum Gasteiger partial charge on any atom is -0.345 e. The normalized spacial score (nSPS) is 14.1. The van der Waals surface area contributed by atoms with E-state index in [1.54, 1.807) is 4.68 Å². The molecule has 1 amide bonds. The van der Waals surface area contributed by atoms with E-state index in [1.807, 2.05) is 36.4 Å². The molecule has 5 rings (SSSR count). The zero-order valence-electron chi connectivity index (χ0n) is 18.5. The topological polar surface area (TPSA) is 98.7 Å². The lowest BCUT2D eigenvalue weighted by Crippen LogP contribution is -2.25. The number of nitrogens with zero attached hydrogens (tertiary/aromatic N) is 5. The number of para-hydroxylation sites is 1. The molecule has 1 fully saturated rings. The summed E-state index contributed by atoms with van der Waals surface area (Å²) in [5, 5.41) is 12.3. The van der Waals surface area contributed by atoms with E-state index in [1.165, 1.54) is 6.33 Å². The molecule has 3 heterocycles. The number of hydrogen-bond acceptors (Lipinski definition) is 6. The van der Waals surface area contributed by atoms with E-state index >= 15 is 0 Å². The third kappa shape index (κ3) is 4.12. The Morgan fingerprint density at radius 1 is 1.22 bits per heavy atom. The second kappa shape index (κ2) is 7.85. The minimum atomic E-state index is -0.194. The van der Waals surface area contributed by atoms with Gasteiger partial charge in [0.25, 0.3) is 11.6 Å². The molecule has 1 aliphatic carbocycles. The van der Waals surface area contributed by atoms with Crippen molar-refractivity contribution in [2.75, 3.05) is 0 Å². The minimum absolute atomic E-state index is 0.00117. The summed E-state index contributed by atoms with van der Waals surface area (Å²) < 4.78 is 7.29. The monoisotopic (exact) mass is 430 g/mol. The van der Waals surface area contributed by atoms with Crippen molar-refractivity contribution in [2.24, 2.45) is 5.41 Å². The van der Waals surface area contributed by atoms with E-state index in [-0.39, 0.29) is 17.9 Å². The first-order chi connectivity index (χ1) is 15.4. The van der Waals surface area contributed by atoms with Crippen molar-refractivity contribution in [3.63, 3.8) is 0 Å². The molecule has 32 heavy (non-hydrogen) atoms. The Hall–Kier alpha value is -3.55. The molecule has 0 unspecified atom stereocenters. The summed E-state index contributed by atoms with van der Waals surface area (Å²) >= 11 is 0. The summed E-state index contributed by atoms with van der Waals surface area (Å²) in [5.74, 6) is 0.848. The maximum Gasteiger partial charge on any atom is 0.259 e. The van der Waals surface area contributed by atoms with Gasteiger partial charge in [-0.25, -0.2) is 14.6 Å². The fraction of sp³-hybridized carbons (Fsp3) is 0.375. The van der Waals surface area contributed by atoms with Gasteiger partial charge in [-0.2, -0.15) is 5.10 Å². The summed E-state index contributed by atoms with van der Waals surface area (Å²) in [6.45, 7) is 6.65. The van der Waals surface area contributed by atoms with Crippen LogP contribution >= 0.6 is 0 Å². The Balaban J connectivity index is 1.46. The Labute approximate surface area is 186 Å². The highest BCUT2D eigenvalue weighted by Crippen LogP contribution is 2.41. The van der Waals surface area contributed by atoms with Crippen molar-refractivity contribution >= 4 is 17.0 Å². The van der Waals surface area contributed by atoms with Gasteiger partial charge in [-0.3, -0.25) is 4.79 Å². The SMILES string of the molecule is CC(C)(C)Cc1noc2nc(C3CC3)cc(C(=O)NCc3ncnn3-c3ccccc3)c12. The van der Waals surface area contributed by atoms with Crippen LogP contribution in [0.25, 0.3) is 16.8 Å². The van der Waals surface area contributed by atoms with E-state index < -0.39 is 0 Å². The number of hydrogen-bond donors (Lipinski definition) is 1. The molecule has 3 aromatic heterocycles. The number of fused-ring (bicyclic) bond motifs is 1. The molecule has 0 saturated heterocycles. The van der Waals surface area contributed by atoms with E-state index in [2.05, 4.69) is 46.3 Å². The largest absolute Gasteiger partial charge is 0.345 e. The molecule has 1 aliphatic rings. The Kier molecular flexibility index (Phi) is 5.00. The Morgan fingerprint density at radius 3 is 2.72 bits per heavy atom. The van der Waals surface area contributed by atoms with Crippen molar-refractivity contribution < 1.29 is 9.32 Å². The standard InChI is InChI=1S/C24H26N6O2/c1-24(2,3)12-19-21-17(11-18(15-9-10-15)28-23(21)32-29-19)22(31)25-13-20-26-14-27-30(20)16-7-5-4-6-8-16/h4-8,11,14-15H,9-10,12-13H2,1-3H3,(H,25,31). The molecular weight excluding hydrogens is 404 g/mol. The second-order valence-electron chi connectivity index (χ2n) is 9.52. The van der Waals surface area contributed by atoms with Crippen molar-refractivity contribution in [3.05, 3.63) is 65.5 Å². The van der Waals surface area contributed by atoms with Gasteiger partial charge in [0.1, 0.15) is 6.33 Å². The number of rotatable bonds is 6. The second-order valence-corrected chi connectivity index (χ2v) is 9.52. The van der Waals surface area contributed by atoms with Crippen molar-refractivity contribution in [2.45, 2.75) is 52.5 Å². The number of amides is 1. The predicted molar refractivity (Wildman–Crippen MR) is 119 cm³/mol. The van der Waals surface area contributed by atoms with Gasteiger partial charge in [0.15, 0.2) is 5.82 Å². The van der Waals surface area contributed by atoms with Crippen molar-refractivity contribution in [1.82, 2.24) is 30.2 Å². The third-order valence-corrected chi connectivity index (χ3v) is 5.50. The van der Waals surface area contributed by atoms with Crippen LogP contribution in [0.3, 0.4) is 0 Å². The smallest absolute Gasteiger partial charge is 0.259 e. The van der Waals surface area contributed by atoms with Gasteiger partial charge in [-0.05, 0) is 42.9 Å². The molecule has 8 heteroatoms. The number of carbonyl (C=O) groups is 1. The van der Waals surface area contributed by atoms with Gasteiger partial charge in [-0.15, -0.1) is 0 Å². The molecule has 0 bridgehead atoms. The lowest BCUT2D eigenvalue weighted by molar-refractivity contribution is 0.0951. The van der Waals surface area contributed by atoms with Gasteiger partial charge in [0.05, 0.1) is 28.9 Å². The molecule has 0 aliphatic heterocycles. The van der Waals surface area contributed by atoms with Crippen LogP contribution in [0.5, 0.6) is 0 Å². The Bertz CT molecular complexity index is 1260. The van der Waals surface area contributed by atoms with Crippen molar-refractivity contribution in [3.8, 4) is 5.69 Å². The van der Waals surface area contributed by atoms with Crippen LogP contribution in [0.4, 0.5) is 0 Å². The first-order valence-corrected chi connectivity index (χ1v) is 10.9. The molecule has 0 spiro atoms. The lowest BCUT2D eigenvalue weighted by atomic mass is 9.89. The molecule has 0 atom stereocenters. The van der Waals surface area contributed by atoms with E-state index in [4.69, 9.17) is 4.52 Å². The van der Waals surface area contributed by atoms with Gasteiger partial charge in [0, 0.05) is 11.6 Å². The third-order valence-electron chi connectivity index (χ3n) is 5.50. The van der Waals surface area contributed by atoms with Gasteiger partial charge in [0.2, 0.25) is 0 Å². The van der Waals surface area contributed by atoms with Gasteiger partial charge >= 0.3 is 0 Å². The van der Waals surface area contributed by atoms with Crippen molar-refractivity contribution in [1.29, 1.82) is 0 Å². The number of benzene rings is 1. The maximum atomic E-state index is 13.3. The average Bonchev–Trinajstić information content (AvgIpc) is 3.39. The maximum absolute atomic E-state index is 13.3.